The minimum absolute atomic E-state index is 0.930. The van der Waals surface area contributed by atoms with Crippen molar-refractivity contribution in [3.05, 3.63) is 152 Å². The standard InChI is InChI=1S/C44H25NOS2/c1-4-13-37-31(10-1)32-11-2-5-14-38(32)45(37)30-9-7-8-26(22-30)29-16-19-34-42(25-29)48-44-43(34)36-24-28(18-21-41(36)47-44)27-17-20-40-35(23-27)33-12-3-6-15-39(33)46-40/h1-25H. The van der Waals surface area contributed by atoms with Gasteiger partial charge in [0.15, 0.2) is 0 Å². The van der Waals surface area contributed by atoms with Gasteiger partial charge < -0.3 is 8.98 Å². The summed E-state index contributed by atoms with van der Waals surface area (Å²) in [5.74, 6) is 0. The minimum Gasteiger partial charge on any atom is -0.456 e. The van der Waals surface area contributed by atoms with Gasteiger partial charge in [-0.1, -0.05) is 91.0 Å². The fraction of sp³-hybridized carbons (Fsp3) is 0. The normalized spacial score (nSPS) is 12.2. The molecule has 0 aliphatic rings. The van der Waals surface area contributed by atoms with Gasteiger partial charge in [0.1, 0.15) is 11.2 Å². The average molecular weight is 648 g/mol. The fourth-order valence-electron chi connectivity index (χ4n) is 7.61. The quantitative estimate of drug-likeness (QED) is 0.187. The van der Waals surface area contributed by atoms with E-state index in [1.807, 2.05) is 34.8 Å². The molecule has 0 aliphatic carbocycles. The fourth-order valence-corrected chi connectivity index (χ4v) is 10.2. The summed E-state index contributed by atoms with van der Waals surface area (Å²) >= 11 is 3.81. The first-order valence-corrected chi connectivity index (χ1v) is 17.8. The number of fused-ring (bicyclic) bond motifs is 11. The topological polar surface area (TPSA) is 18.1 Å². The van der Waals surface area contributed by atoms with Crippen LogP contribution in [0.5, 0.6) is 0 Å². The van der Waals surface area contributed by atoms with E-state index in [-0.39, 0.29) is 0 Å². The Morgan fingerprint density at radius 1 is 0.396 bits per heavy atom. The summed E-state index contributed by atoms with van der Waals surface area (Å²) < 4.78 is 12.5. The highest BCUT2D eigenvalue weighted by molar-refractivity contribution is 7.44. The number of hydrogen-bond donors (Lipinski definition) is 0. The maximum atomic E-state index is 6.10. The summed E-state index contributed by atoms with van der Waals surface area (Å²) in [6.45, 7) is 0. The third-order valence-electron chi connectivity index (χ3n) is 9.84. The van der Waals surface area contributed by atoms with E-state index in [4.69, 9.17) is 4.42 Å². The Bertz CT molecular complexity index is 3020. The van der Waals surface area contributed by atoms with Crippen molar-refractivity contribution in [1.29, 1.82) is 0 Å². The largest absolute Gasteiger partial charge is 0.456 e. The summed E-state index contributed by atoms with van der Waals surface area (Å²) in [4.78, 5) is 0. The maximum absolute atomic E-state index is 6.10. The van der Waals surface area contributed by atoms with Crippen molar-refractivity contribution < 1.29 is 4.42 Å². The smallest absolute Gasteiger partial charge is 0.135 e. The van der Waals surface area contributed by atoms with Crippen LogP contribution in [-0.4, -0.2) is 4.57 Å². The Labute approximate surface area is 283 Å². The average Bonchev–Trinajstić information content (AvgIpc) is 3.88. The van der Waals surface area contributed by atoms with Gasteiger partial charge in [0.2, 0.25) is 0 Å². The Hall–Kier alpha value is -5.68. The van der Waals surface area contributed by atoms with Gasteiger partial charge in [-0.2, -0.15) is 0 Å². The number of benzene rings is 7. The summed E-state index contributed by atoms with van der Waals surface area (Å²) in [5, 5.41) is 8.92. The molecule has 0 saturated heterocycles. The van der Waals surface area contributed by atoms with Crippen LogP contribution in [0.3, 0.4) is 0 Å². The highest BCUT2D eigenvalue weighted by Crippen LogP contribution is 2.46. The van der Waals surface area contributed by atoms with Crippen LogP contribution in [0.4, 0.5) is 0 Å². The van der Waals surface area contributed by atoms with Crippen LogP contribution >= 0.6 is 22.7 Å². The summed E-state index contributed by atoms with van der Waals surface area (Å²) in [5.41, 5.74) is 10.4. The molecule has 4 heterocycles. The molecule has 0 bridgehead atoms. The van der Waals surface area contributed by atoms with Crippen molar-refractivity contribution in [3.63, 3.8) is 0 Å². The van der Waals surface area contributed by atoms with Crippen molar-refractivity contribution in [2.45, 2.75) is 0 Å². The molecule has 0 unspecified atom stereocenters. The van der Waals surface area contributed by atoms with E-state index in [0.717, 1.165) is 21.9 Å². The van der Waals surface area contributed by atoms with Gasteiger partial charge >= 0.3 is 0 Å². The molecule has 0 fully saturated rings. The van der Waals surface area contributed by atoms with Gasteiger partial charge in [0.05, 0.1) is 15.0 Å². The predicted molar refractivity (Wildman–Crippen MR) is 207 cm³/mol. The van der Waals surface area contributed by atoms with E-state index in [1.165, 1.54) is 79.3 Å². The SMILES string of the molecule is c1cc(-c2ccc3c(c2)sc2sc4ccc(-c5ccc6oc7ccccc7c6c5)cc4c23)cc(-n2c3ccccc3c3ccccc32)c1. The first-order valence-electron chi connectivity index (χ1n) is 16.2. The molecule has 0 aliphatic heterocycles. The second kappa shape index (κ2) is 9.91. The predicted octanol–water partition coefficient (Wildman–Crippen LogP) is 13.6. The molecule has 0 saturated carbocycles. The van der Waals surface area contributed by atoms with E-state index in [2.05, 4.69) is 144 Å². The van der Waals surface area contributed by atoms with Crippen LogP contribution in [0.1, 0.15) is 0 Å². The Balaban J connectivity index is 1.03. The Morgan fingerprint density at radius 3 is 1.85 bits per heavy atom. The molecule has 11 rings (SSSR count). The summed E-state index contributed by atoms with van der Waals surface area (Å²) in [6, 6.07) is 55.2. The molecular weight excluding hydrogens is 623 g/mol. The molecule has 11 aromatic rings. The van der Waals surface area contributed by atoms with E-state index < -0.39 is 0 Å². The first-order chi connectivity index (χ1) is 23.8. The number of thiophene rings is 2. The monoisotopic (exact) mass is 647 g/mol. The molecule has 0 atom stereocenters. The molecule has 0 amide bonds. The lowest BCUT2D eigenvalue weighted by Crippen LogP contribution is -1.94. The van der Waals surface area contributed by atoms with Crippen molar-refractivity contribution in [2.24, 2.45) is 0 Å². The third-order valence-corrected chi connectivity index (χ3v) is 12.2. The van der Waals surface area contributed by atoms with E-state index in [9.17, 15) is 0 Å². The van der Waals surface area contributed by atoms with Gasteiger partial charge in [-0.25, -0.2) is 0 Å². The highest BCUT2D eigenvalue weighted by Gasteiger charge is 2.16. The van der Waals surface area contributed by atoms with Gasteiger partial charge in [0.25, 0.3) is 0 Å². The Morgan fingerprint density at radius 2 is 1.02 bits per heavy atom. The molecule has 0 spiro atoms. The van der Waals surface area contributed by atoms with Crippen molar-refractivity contribution in [2.75, 3.05) is 0 Å². The van der Waals surface area contributed by atoms with E-state index in [0.29, 0.717) is 0 Å². The number of rotatable bonds is 3. The van der Waals surface area contributed by atoms with Gasteiger partial charge in [0, 0.05) is 52.8 Å². The lowest BCUT2D eigenvalue weighted by Gasteiger charge is -2.10. The first kappa shape index (κ1) is 26.4. The molecule has 4 heteroatoms. The highest BCUT2D eigenvalue weighted by atomic mass is 32.2. The van der Waals surface area contributed by atoms with Crippen LogP contribution in [0.25, 0.3) is 101 Å². The lowest BCUT2D eigenvalue weighted by molar-refractivity contribution is 0.669. The van der Waals surface area contributed by atoms with Crippen LogP contribution in [0, 0.1) is 0 Å². The molecule has 224 valence electrons. The van der Waals surface area contributed by atoms with Gasteiger partial charge in [-0.05, 0) is 82.9 Å². The summed E-state index contributed by atoms with van der Waals surface area (Å²) in [6.07, 6.45) is 0. The zero-order chi connectivity index (χ0) is 31.3. The zero-order valence-corrected chi connectivity index (χ0v) is 27.2. The summed E-state index contributed by atoms with van der Waals surface area (Å²) in [7, 11) is 0. The number of nitrogens with zero attached hydrogens (tertiary/aromatic N) is 1. The van der Waals surface area contributed by atoms with Crippen LogP contribution in [0.2, 0.25) is 0 Å². The second-order valence-electron chi connectivity index (χ2n) is 12.5. The molecule has 0 radical (unpaired) electrons. The Kier molecular flexibility index (Phi) is 5.45. The van der Waals surface area contributed by atoms with Crippen LogP contribution < -0.4 is 0 Å². The lowest BCUT2D eigenvalue weighted by atomic mass is 10.00. The maximum Gasteiger partial charge on any atom is 0.135 e. The van der Waals surface area contributed by atoms with Gasteiger partial charge in [-0.3, -0.25) is 0 Å². The van der Waals surface area contributed by atoms with Crippen molar-refractivity contribution in [3.8, 4) is 27.9 Å². The van der Waals surface area contributed by atoms with E-state index >= 15 is 0 Å². The van der Waals surface area contributed by atoms with Crippen LogP contribution in [0.15, 0.2) is 156 Å². The van der Waals surface area contributed by atoms with Crippen molar-refractivity contribution in [1.82, 2.24) is 4.57 Å². The number of hydrogen-bond acceptors (Lipinski definition) is 3. The van der Waals surface area contributed by atoms with Crippen LogP contribution in [-0.2, 0) is 0 Å². The molecule has 48 heavy (non-hydrogen) atoms. The molecule has 4 aromatic heterocycles. The zero-order valence-electron chi connectivity index (χ0n) is 25.6. The number of para-hydroxylation sites is 3. The second-order valence-corrected chi connectivity index (χ2v) is 14.9. The minimum atomic E-state index is 0.930. The van der Waals surface area contributed by atoms with Gasteiger partial charge in [-0.15, -0.1) is 22.7 Å². The third kappa shape index (κ3) is 3.79. The number of furan rings is 1. The van der Waals surface area contributed by atoms with E-state index in [1.54, 1.807) is 0 Å². The number of aromatic nitrogens is 1. The molecule has 0 N–H and O–H groups in total. The molecule has 2 nitrogen and oxygen atoms in total. The molecule has 7 aromatic carbocycles. The molecular formula is C44H25NOS2. The van der Waals surface area contributed by atoms with Crippen molar-refractivity contribution >= 4 is 96.0 Å².